The molecule has 31 heavy (non-hydrogen) atoms. The van der Waals surface area contributed by atoms with Gasteiger partial charge in [0.25, 0.3) is 5.56 Å². The van der Waals surface area contributed by atoms with E-state index in [1.165, 1.54) is 16.4 Å². The van der Waals surface area contributed by atoms with Gasteiger partial charge in [-0.1, -0.05) is 18.2 Å². The van der Waals surface area contributed by atoms with Gasteiger partial charge in [0.15, 0.2) is 0 Å². The molecule has 7 heteroatoms. The van der Waals surface area contributed by atoms with Crippen molar-refractivity contribution in [3.63, 3.8) is 0 Å². The lowest BCUT2D eigenvalue weighted by Crippen LogP contribution is -2.49. The number of ether oxygens (including phenoxy) is 1. The largest absolute Gasteiger partial charge is 0.497 e. The van der Waals surface area contributed by atoms with Gasteiger partial charge in [-0.3, -0.25) is 9.59 Å². The number of piperazine rings is 1. The molecule has 2 heterocycles. The van der Waals surface area contributed by atoms with Gasteiger partial charge in [-0.05, 0) is 42.5 Å². The Morgan fingerprint density at radius 3 is 2.32 bits per heavy atom. The highest BCUT2D eigenvalue weighted by atomic mass is 16.5. The number of rotatable bonds is 6. The Bertz CT molecular complexity index is 1070. The molecule has 0 radical (unpaired) electrons. The van der Waals surface area contributed by atoms with Crippen LogP contribution >= 0.6 is 0 Å². The number of hydrogen-bond acceptors (Lipinski definition) is 5. The monoisotopic (exact) mass is 418 g/mol. The van der Waals surface area contributed by atoms with Crippen LogP contribution in [0.4, 0.5) is 5.69 Å². The molecule has 1 aliphatic rings. The number of nitrogens with zero attached hydrogens (tertiary/aromatic N) is 4. The Morgan fingerprint density at radius 1 is 0.935 bits per heavy atom. The third-order valence-electron chi connectivity index (χ3n) is 5.54. The molecule has 0 spiro atoms. The highest BCUT2D eigenvalue weighted by Crippen LogP contribution is 2.20. The third-order valence-corrected chi connectivity index (χ3v) is 5.54. The van der Waals surface area contributed by atoms with E-state index >= 15 is 0 Å². The van der Waals surface area contributed by atoms with Gasteiger partial charge in [0.05, 0.1) is 19.3 Å². The lowest BCUT2D eigenvalue weighted by Gasteiger charge is -2.36. The topological polar surface area (TPSA) is 67.7 Å². The van der Waals surface area contributed by atoms with Crippen molar-refractivity contribution in [3.8, 4) is 17.0 Å². The summed E-state index contributed by atoms with van der Waals surface area (Å²) in [6.07, 6.45) is 0.254. The van der Waals surface area contributed by atoms with Crippen LogP contribution < -0.4 is 15.2 Å². The first-order valence-corrected chi connectivity index (χ1v) is 10.4. The summed E-state index contributed by atoms with van der Waals surface area (Å²) >= 11 is 0. The van der Waals surface area contributed by atoms with E-state index in [2.05, 4.69) is 22.1 Å². The summed E-state index contributed by atoms with van der Waals surface area (Å²) in [6.45, 7) is 3.24. The highest BCUT2D eigenvalue weighted by molar-refractivity contribution is 5.76. The number of aromatic nitrogens is 2. The zero-order valence-corrected chi connectivity index (χ0v) is 17.6. The number of carbonyl (C=O) groups is 1. The number of amides is 1. The molecule has 1 fully saturated rings. The van der Waals surface area contributed by atoms with Crippen LogP contribution in [0.25, 0.3) is 11.3 Å². The maximum atomic E-state index is 12.7. The van der Waals surface area contributed by atoms with Crippen molar-refractivity contribution in [2.75, 3.05) is 38.2 Å². The first-order chi connectivity index (χ1) is 15.1. The molecule has 0 aliphatic carbocycles. The number of para-hydroxylation sites is 1. The molecule has 2 aromatic carbocycles. The molecule has 4 rings (SSSR count). The molecule has 0 unspecified atom stereocenters. The zero-order chi connectivity index (χ0) is 21.6. The van der Waals surface area contributed by atoms with Crippen LogP contribution in [0, 0.1) is 0 Å². The molecule has 1 aliphatic heterocycles. The molecule has 3 aromatic rings. The summed E-state index contributed by atoms with van der Waals surface area (Å²) in [5.74, 6) is 0.811. The zero-order valence-electron chi connectivity index (χ0n) is 17.6. The van der Waals surface area contributed by atoms with Gasteiger partial charge in [-0.25, -0.2) is 4.68 Å². The maximum Gasteiger partial charge on any atom is 0.266 e. The Morgan fingerprint density at radius 2 is 1.65 bits per heavy atom. The molecule has 7 nitrogen and oxygen atoms in total. The van der Waals surface area contributed by atoms with Crippen LogP contribution in [0.3, 0.4) is 0 Å². The van der Waals surface area contributed by atoms with Gasteiger partial charge in [0.1, 0.15) is 5.75 Å². The van der Waals surface area contributed by atoms with Crippen LogP contribution in [0.2, 0.25) is 0 Å². The average Bonchev–Trinajstić information content (AvgIpc) is 2.84. The predicted octanol–water partition coefficient (Wildman–Crippen LogP) is 2.66. The second-order valence-corrected chi connectivity index (χ2v) is 7.46. The Kier molecular flexibility index (Phi) is 6.31. The minimum atomic E-state index is -0.209. The van der Waals surface area contributed by atoms with Gasteiger partial charge < -0.3 is 14.5 Å². The fourth-order valence-corrected chi connectivity index (χ4v) is 3.74. The second kappa shape index (κ2) is 9.47. The average molecular weight is 418 g/mol. The van der Waals surface area contributed by atoms with E-state index in [4.69, 9.17) is 4.74 Å². The number of hydrogen-bond donors (Lipinski definition) is 0. The van der Waals surface area contributed by atoms with E-state index in [-0.39, 0.29) is 24.4 Å². The quantitative estimate of drug-likeness (QED) is 0.616. The number of aryl methyl sites for hydroxylation is 1. The van der Waals surface area contributed by atoms with Crippen molar-refractivity contribution < 1.29 is 9.53 Å². The molecule has 0 bridgehead atoms. The molecule has 0 N–H and O–H groups in total. The van der Waals surface area contributed by atoms with Gasteiger partial charge in [0, 0.05) is 49.9 Å². The highest BCUT2D eigenvalue weighted by Gasteiger charge is 2.21. The molecule has 1 amide bonds. The van der Waals surface area contributed by atoms with E-state index in [1.54, 1.807) is 13.2 Å². The van der Waals surface area contributed by atoms with Crippen molar-refractivity contribution in [2.45, 2.75) is 13.0 Å². The lowest BCUT2D eigenvalue weighted by molar-refractivity contribution is -0.131. The maximum absolute atomic E-state index is 12.7. The third kappa shape index (κ3) is 4.94. The molecule has 1 aromatic heterocycles. The Balaban J connectivity index is 1.35. The van der Waals surface area contributed by atoms with Gasteiger partial charge in [-0.2, -0.15) is 5.10 Å². The molecule has 1 saturated heterocycles. The van der Waals surface area contributed by atoms with Crippen LogP contribution in [-0.4, -0.2) is 53.9 Å². The molecule has 0 atom stereocenters. The minimum absolute atomic E-state index is 0.0521. The predicted molar refractivity (Wildman–Crippen MR) is 120 cm³/mol. The summed E-state index contributed by atoms with van der Waals surface area (Å²) in [5, 5.41) is 4.45. The minimum Gasteiger partial charge on any atom is -0.497 e. The van der Waals surface area contributed by atoms with E-state index in [0.717, 1.165) is 24.4 Å². The summed E-state index contributed by atoms with van der Waals surface area (Å²) in [6, 6.07) is 20.9. The summed E-state index contributed by atoms with van der Waals surface area (Å²) in [7, 11) is 1.62. The van der Waals surface area contributed by atoms with Crippen LogP contribution in [0.5, 0.6) is 5.75 Å². The van der Waals surface area contributed by atoms with Gasteiger partial charge >= 0.3 is 0 Å². The van der Waals surface area contributed by atoms with E-state index in [1.807, 2.05) is 47.4 Å². The second-order valence-electron chi connectivity index (χ2n) is 7.46. The molecular weight excluding hydrogens is 392 g/mol. The number of benzene rings is 2. The van der Waals surface area contributed by atoms with Gasteiger partial charge in [-0.15, -0.1) is 0 Å². The number of carbonyl (C=O) groups excluding carboxylic acids is 1. The summed E-state index contributed by atoms with van der Waals surface area (Å²) in [5.41, 5.74) is 2.55. The standard InChI is InChI=1S/C24H26N4O3/c1-31-21-9-7-19(8-10-21)22-11-12-24(30)28(25-22)14-13-23(29)27-17-15-26(16-18-27)20-5-3-2-4-6-20/h2-12H,13-18H2,1H3. The summed E-state index contributed by atoms with van der Waals surface area (Å²) in [4.78, 5) is 29.1. The van der Waals surface area contributed by atoms with E-state index < -0.39 is 0 Å². The van der Waals surface area contributed by atoms with Crippen molar-refractivity contribution >= 4 is 11.6 Å². The number of anilines is 1. The molecular formula is C24H26N4O3. The van der Waals surface area contributed by atoms with Crippen molar-refractivity contribution in [2.24, 2.45) is 0 Å². The smallest absolute Gasteiger partial charge is 0.266 e. The Labute approximate surface area is 181 Å². The first-order valence-electron chi connectivity index (χ1n) is 10.4. The molecule has 160 valence electrons. The SMILES string of the molecule is COc1ccc(-c2ccc(=O)n(CCC(=O)N3CCN(c4ccccc4)CC3)n2)cc1. The normalized spacial score (nSPS) is 13.8. The fourth-order valence-electron chi connectivity index (χ4n) is 3.74. The lowest BCUT2D eigenvalue weighted by atomic mass is 10.1. The van der Waals surface area contributed by atoms with Crippen LogP contribution in [0.15, 0.2) is 71.5 Å². The number of methoxy groups -OCH3 is 1. The van der Waals surface area contributed by atoms with Gasteiger partial charge in [0.2, 0.25) is 5.91 Å². The van der Waals surface area contributed by atoms with Crippen molar-refractivity contribution in [1.82, 2.24) is 14.7 Å². The summed E-state index contributed by atoms with van der Waals surface area (Å²) < 4.78 is 6.55. The van der Waals surface area contributed by atoms with Crippen molar-refractivity contribution in [3.05, 3.63) is 77.1 Å². The van der Waals surface area contributed by atoms with E-state index in [0.29, 0.717) is 18.8 Å². The van der Waals surface area contributed by atoms with Crippen molar-refractivity contribution in [1.29, 1.82) is 0 Å². The molecule has 0 saturated carbocycles. The first kappa shape index (κ1) is 20.7. The fraction of sp³-hybridized carbons (Fsp3) is 0.292. The van der Waals surface area contributed by atoms with E-state index in [9.17, 15) is 9.59 Å². The van der Waals surface area contributed by atoms with Crippen LogP contribution in [-0.2, 0) is 11.3 Å². The Hall–Kier alpha value is -3.61. The van der Waals surface area contributed by atoms with Crippen LogP contribution in [0.1, 0.15) is 6.42 Å².